The molecule has 0 fully saturated rings. The number of rotatable bonds is 9. The van der Waals surface area contributed by atoms with Crippen LogP contribution in [-0.2, 0) is 6.54 Å². The Balaban J connectivity index is 2.79. The summed E-state index contributed by atoms with van der Waals surface area (Å²) in [4.78, 5) is 6.75. The molecule has 1 heterocycles. The molecule has 5 heteroatoms. The van der Waals surface area contributed by atoms with Gasteiger partial charge < -0.3 is 10.2 Å². The molecule has 1 atom stereocenters. The lowest BCUT2D eigenvalue weighted by molar-refractivity contribution is 0.552. The maximum atomic E-state index is 6.27. The summed E-state index contributed by atoms with van der Waals surface area (Å²) >= 11 is 8.14. The molecule has 0 spiro atoms. The minimum atomic E-state index is 0.505. The van der Waals surface area contributed by atoms with Crippen LogP contribution < -0.4 is 10.2 Å². The molecule has 3 nitrogen and oxygen atoms in total. The van der Waals surface area contributed by atoms with E-state index in [0.29, 0.717) is 12.0 Å². The van der Waals surface area contributed by atoms with Crippen LogP contribution in [0.2, 0.25) is 5.02 Å². The Hall–Kier alpha value is -0.450. The number of nitrogens with one attached hydrogen (secondary N) is 1. The normalized spacial score (nSPS) is 12.7. The zero-order valence-corrected chi connectivity index (χ0v) is 15.4. The summed E-state index contributed by atoms with van der Waals surface area (Å²) in [6.45, 7) is 8.41. The number of aromatic nitrogens is 1. The summed E-state index contributed by atoms with van der Waals surface area (Å²) in [6.07, 6.45) is 5.03. The van der Waals surface area contributed by atoms with Crippen molar-refractivity contribution < 1.29 is 0 Å². The summed E-state index contributed by atoms with van der Waals surface area (Å²) < 4.78 is 0. The number of nitrogens with zero attached hydrogens (tertiary/aromatic N) is 2. The highest BCUT2D eigenvalue weighted by molar-refractivity contribution is 7.98. The third kappa shape index (κ3) is 6.05. The van der Waals surface area contributed by atoms with Gasteiger partial charge in [-0.15, -0.1) is 0 Å². The molecule has 0 saturated heterocycles. The Bertz CT molecular complexity index is 426. The highest BCUT2D eigenvalue weighted by atomic mass is 35.5. The molecule has 120 valence electrons. The van der Waals surface area contributed by atoms with Gasteiger partial charge in [-0.05, 0) is 36.8 Å². The van der Waals surface area contributed by atoms with Gasteiger partial charge >= 0.3 is 0 Å². The number of pyridine rings is 1. The van der Waals surface area contributed by atoms with Gasteiger partial charge in [-0.2, -0.15) is 11.8 Å². The Morgan fingerprint density at radius 3 is 2.71 bits per heavy atom. The number of hydrogen-bond acceptors (Lipinski definition) is 4. The van der Waals surface area contributed by atoms with Gasteiger partial charge in [0.2, 0.25) is 0 Å². The number of anilines is 1. The topological polar surface area (TPSA) is 28.2 Å². The van der Waals surface area contributed by atoms with Crippen LogP contribution >= 0.6 is 23.4 Å². The third-order valence-electron chi connectivity index (χ3n) is 3.53. The molecular formula is C16H28ClN3S. The second-order valence-electron chi connectivity index (χ2n) is 5.79. The maximum Gasteiger partial charge on any atom is 0.128 e. The van der Waals surface area contributed by atoms with Crippen molar-refractivity contribution in [3.05, 3.63) is 22.8 Å². The first-order valence-electron chi connectivity index (χ1n) is 7.56. The van der Waals surface area contributed by atoms with Crippen molar-refractivity contribution in [1.29, 1.82) is 0 Å². The van der Waals surface area contributed by atoms with Gasteiger partial charge in [0.25, 0.3) is 0 Å². The van der Waals surface area contributed by atoms with Crippen LogP contribution in [0.4, 0.5) is 5.82 Å². The zero-order chi connectivity index (χ0) is 15.8. The molecule has 0 aliphatic heterocycles. The van der Waals surface area contributed by atoms with Crippen LogP contribution in [-0.4, -0.2) is 36.6 Å². The lowest BCUT2D eigenvalue weighted by Gasteiger charge is -2.28. The van der Waals surface area contributed by atoms with Crippen LogP contribution in [0, 0.1) is 5.92 Å². The summed E-state index contributed by atoms with van der Waals surface area (Å²) in [5.41, 5.74) is 1.12. The first-order valence-corrected chi connectivity index (χ1v) is 9.33. The van der Waals surface area contributed by atoms with Gasteiger partial charge in [0.1, 0.15) is 5.82 Å². The molecule has 0 radical (unpaired) electrons. The highest BCUT2D eigenvalue weighted by Gasteiger charge is 2.15. The quantitative estimate of drug-likeness (QED) is 0.739. The molecule has 0 aromatic carbocycles. The Labute approximate surface area is 138 Å². The summed E-state index contributed by atoms with van der Waals surface area (Å²) in [5, 5.41) is 4.18. The van der Waals surface area contributed by atoms with E-state index in [-0.39, 0.29) is 0 Å². The smallest absolute Gasteiger partial charge is 0.128 e. The summed E-state index contributed by atoms with van der Waals surface area (Å²) in [6, 6.07) is 2.61. The highest BCUT2D eigenvalue weighted by Crippen LogP contribution is 2.22. The molecule has 1 N–H and O–H groups in total. The summed E-state index contributed by atoms with van der Waals surface area (Å²) in [7, 11) is 2.12. The van der Waals surface area contributed by atoms with Crippen molar-refractivity contribution >= 4 is 29.2 Å². The second-order valence-corrected chi connectivity index (χ2v) is 7.10. The van der Waals surface area contributed by atoms with E-state index in [1.54, 1.807) is 6.20 Å². The molecule has 0 amide bonds. The van der Waals surface area contributed by atoms with E-state index in [9.17, 15) is 0 Å². The van der Waals surface area contributed by atoms with E-state index in [1.807, 2.05) is 11.8 Å². The molecule has 21 heavy (non-hydrogen) atoms. The SMILES string of the molecule is CCC(CSC)N(C)c1cc(CNCC(C)C)c(Cl)cn1. The van der Waals surface area contributed by atoms with Gasteiger partial charge in [-0.3, -0.25) is 0 Å². The first-order chi connectivity index (χ1) is 9.99. The summed E-state index contributed by atoms with van der Waals surface area (Å²) in [5.74, 6) is 2.75. The molecule has 1 unspecified atom stereocenters. The van der Waals surface area contributed by atoms with Gasteiger partial charge in [0, 0.05) is 31.6 Å². The van der Waals surface area contributed by atoms with Crippen LogP contribution in [0.25, 0.3) is 0 Å². The molecule has 0 saturated carbocycles. The van der Waals surface area contributed by atoms with Crippen LogP contribution in [0.15, 0.2) is 12.3 Å². The van der Waals surface area contributed by atoms with Gasteiger partial charge in [-0.25, -0.2) is 4.98 Å². The van der Waals surface area contributed by atoms with E-state index in [0.717, 1.165) is 41.7 Å². The molecular weight excluding hydrogens is 302 g/mol. The van der Waals surface area contributed by atoms with Crippen LogP contribution in [0.3, 0.4) is 0 Å². The van der Waals surface area contributed by atoms with Gasteiger partial charge in [0.15, 0.2) is 0 Å². The predicted molar refractivity (Wildman–Crippen MR) is 96.7 cm³/mol. The Morgan fingerprint density at radius 1 is 1.43 bits per heavy atom. The lowest BCUT2D eigenvalue weighted by atomic mass is 10.2. The minimum absolute atomic E-state index is 0.505. The fourth-order valence-corrected chi connectivity index (χ4v) is 3.19. The molecule has 0 aliphatic rings. The van der Waals surface area contributed by atoms with Crippen LogP contribution in [0.5, 0.6) is 0 Å². The Kier molecular flexibility index (Phi) is 8.45. The van der Waals surface area contributed by atoms with Gasteiger partial charge in [0.05, 0.1) is 5.02 Å². The van der Waals surface area contributed by atoms with Crippen molar-refractivity contribution in [1.82, 2.24) is 10.3 Å². The molecule has 1 aromatic heterocycles. The van der Waals surface area contributed by atoms with E-state index in [2.05, 4.69) is 55.3 Å². The van der Waals surface area contributed by atoms with Crippen molar-refractivity contribution in [2.45, 2.75) is 39.8 Å². The van der Waals surface area contributed by atoms with Crippen molar-refractivity contribution in [2.24, 2.45) is 5.92 Å². The third-order valence-corrected chi connectivity index (χ3v) is 4.59. The maximum absolute atomic E-state index is 6.27. The zero-order valence-electron chi connectivity index (χ0n) is 13.8. The standard InChI is InChI=1S/C16H28ClN3S/c1-6-14(11-21-5)20(4)16-7-13(15(17)10-19-16)9-18-8-12(2)3/h7,10,12,14,18H,6,8-9,11H2,1-5H3. The first kappa shape index (κ1) is 18.6. The van der Waals surface area contributed by atoms with E-state index in [1.165, 1.54) is 0 Å². The number of hydrogen-bond donors (Lipinski definition) is 1. The van der Waals surface area contributed by atoms with E-state index >= 15 is 0 Å². The van der Waals surface area contributed by atoms with Crippen LogP contribution in [0.1, 0.15) is 32.8 Å². The minimum Gasteiger partial charge on any atom is -0.356 e. The largest absolute Gasteiger partial charge is 0.356 e. The average molecular weight is 330 g/mol. The number of halogens is 1. The Morgan fingerprint density at radius 2 is 2.14 bits per heavy atom. The molecule has 1 aromatic rings. The second kappa shape index (κ2) is 9.54. The van der Waals surface area contributed by atoms with Crippen molar-refractivity contribution in [3.63, 3.8) is 0 Å². The molecule has 0 bridgehead atoms. The average Bonchev–Trinajstić information content (AvgIpc) is 2.45. The van der Waals surface area contributed by atoms with Crippen molar-refractivity contribution in [3.8, 4) is 0 Å². The fraction of sp³-hybridized carbons (Fsp3) is 0.688. The van der Waals surface area contributed by atoms with E-state index in [4.69, 9.17) is 11.6 Å². The van der Waals surface area contributed by atoms with E-state index < -0.39 is 0 Å². The molecule has 1 rings (SSSR count). The fourth-order valence-electron chi connectivity index (χ4n) is 2.17. The molecule has 0 aliphatic carbocycles. The van der Waals surface area contributed by atoms with Crippen molar-refractivity contribution in [2.75, 3.05) is 30.5 Å². The lowest BCUT2D eigenvalue weighted by Crippen LogP contribution is -2.33. The predicted octanol–water partition coefficient (Wildman–Crippen LogP) is 4.06. The monoisotopic (exact) mass is 329 g/mol. The van der Waals surface area contributed by atoms with Gasteiger partial charge in [-0.1, -0.05) is 32.4 Å². The number of thioether (sulfide) groups is 1.